The number of carbonyl (C=O) groups excluding carboxylic acids is 1. The molecule has 2 N–H and O–H groups in total. The Kier molecular flexibility index (Phi) is 3.82. The summed E-state index contributed by atoms with van der Waals surface area (Å²) < 4.78 is 0. The van der Waals surface area contributed by atoms with Crippen molar-refractivity contribution < 1.29 is 9.90 Å². The molecule has 0 radical (unpaired) electrons. The van der Waals surface area contributed by atoms with E-state index in [0.717, 1.165) is 0 Å². The summed E-state index contributed by atoms with van der Waals surface area (Å²) in [5.41, 5.74) is -1.47. The Balaban J connectivity index is 2.94. The number of aliphatic hydroxyl groups is 1. The fourth-order valence-corrected chi connectivity index (χ4v) is 1.54. The van der Waals surface area contributed by atoms with Gasteiger partial charge in [0.1, 0.15) is 0 Å². The topological polar surface area (TPSA) is 49.3 Å². The molecule has 5 heteroatoms. The zero-order chi connectivity index (χ0) is 12.3. The highest BCUT2D eigenvalue weighted by Gasteiger charge is 2.20. The second-order valence-corrected chi connectivity index (χ2v) is 4.20. The molecule has 0 aliphatic carbocycles. The third-order valence-corrected chi connectivity index (χ3v) is 2.20. The lowest BCUT2D eigenvalue weighted by molar-refractivity contribution is 0.0611. The molecule has 3 nitrogen and oxygen atoms in total. The van der Waals surface area contributed by atoms with E-state index in [1.165, 1.54) is 25.1 Å². The maximum absolute atomic E-state index is 11.6. The van der Waals surface area contributed by atoms with Gasteiger partial charge in [-0.2, -0.15) is 0 Å². The Morgan fingerprint density at radius 3 is 2.38 bits per heavy atom. The van der Waals surface area contributed by atoms with Crippen LogP contribution in [-0.4, -0.2) is 16.7 Å². The molecule has 0 aromatic heterocycles. The fraction of sp³-hybridized carbons (Fsp3) is 0.182. The molecule has 1 atom stereocenters. The smallest absolute Gasteiger partial charge is 0.254 e. The average Bonchev–Trinajstić information content (AvgIpc) is 2.15. The van der Waals surface area contributed by atoms with Gasteiger partial charge in [0.05, 0.1) is 0 Å². The highest BCUT2D eigenvalue weighted by Crippen LogP contribution is 2.19. The van der Waals surface area contributed by atoms with Crippen molar-refractivity contribution >= 4 is 29.1 Å². The first-order chi connectivity index (χ1) is 7.34. The summed E-state index contributed by atoms with van der Waals surface area (Å²) in [6, 6.07) is 4.35. The quantitative estimate of drug-likeness (QED) is 0.630. The normalized spacial score (nSPS) is 13.7. The van der Waals surface area contributed by atoms with Gasteiger partial charge >= 0.3 is 0 Å². The van der Waals surface area contributed by atoms with E-state index in [-0.39, 0.29) is 5.56 Å². The fourth-order valence-electron chi connectivity index (χ4n) is 1.01. The number of nitrogens with one attached hydrogen (secondary N) is 1. The first-order valence-corrected chi connectivity index (χ1v) is 5.08. The summed E-state index contributed by atoms with van der Waals surface area (Å²) in [4.78, 5) is 11.6. The molecular formula is C11H9Cl2NO2. The molecule has 0 aliphatic heterocycles. The highest BCUT2D eigenvalue weighted by molar-refractivity contribution is 6.35. The van der Waals surface area contributed by atoms with E-state index in [9.17, 15) is 9.90 Å². The minimum absolute atomic E-state index is 0.230. The van der Waals surface area contributed by atoms with Crippen LogP contribution >= 0.6 is 23.2 Å². The molecule has 0 fully saturated rings. The average molecular weight is 258 g/mol. The SMILES string of the molecule is C#CC(C)(O)NC(=O)c1cc(Cl)cc(Cl)c1. The van der Waals surface area contributed by atoms with Gasteiger partial charge in [-0.3, -0.25) is 4.79 Å². The summed E-state index contributed by atoms with van der Waals surface area (Å²) in [5, 5.41) is 12.4. The summed E-state index contributed by atoms with van der Waals surface area (Å²) in [5.74, 6) is 1.48. The van der Waals surface area contributed by atoms with Crippen LogP contribution in [0.15, 0.2) is 18.2 Å². The molecule has 1 aromatic rings. The van der Waals surface area contributed by atoms with E-state index >= 15 is 0 Å². The largest absolute Gasteiger partial charge is 0.361 e. The number of rotatable bonds is 2. The number of halogens is 2. The van der Waals surface area contributed by atoms with Crippen LogP contribution in [-0.2, 0) is 0 Å². The standard InChI is InChI=1S/C11H9Cl2NO2/c1-3-11(2,16)14-10(15)7-4-8(12)6-9(13)5-7/h1,4-6,16H,2H3,(H,14,15). The molecule has 84 valence electrons. The van der Waals surface area contributed by atoms with Gasteiger partial charge in [0.25, 0.3) is 5.91 Å². The third kappa shape index (κ3) is 3.42. The van der Waals surface area contributed by atoms with Gasteiger partial charge in [-0.1, -0.05) is 23.2 Å². The molecule has 0 saturated heterocycles. The minimum atomic E-state index is -1.70. The van der Waals surface area contributed by atoms with Crippen molar-refractivity contribution in [3.05, 3.63) is 33.8 Å². The van der Waals surface area contributed by atoms with Crippen molar-refractivity contribution in [1.82, 2.24) is 5.32 Å². The van der Waals surface area contributed by atoms with Crippen molar-refractivity contribution in [1.29, 1.82) is 0 Å². The molecule has 16 heavy (non-hydrogen) atoms. The predicted molar refractivity (Wildman–Crippen MR) is 63.4 cm³/mol. The van der Waals surface area contributed by atoms with Gasteiger partial charge < -0.3 is 10.4 Å². The summed E-state index contributed by atoms with van der Waals surface area (Å²) >= 11 is 11.5. The Bertz CT molecular complexity index is 443. The van der Waals surface area contributed by atoms with Crippen LogP contribution in [0.1, 0.15) is 17.3 Å². The van der Waals surface area contributed by atoms with Crippen LogP contribution < -0.4 is 5.32 Å². The summed E-state index contributed by atoms with van der Waals surface area (Å²) in [6.07, 6.45) is 5.03. The van der Waals surface area contributed by atoms with Gasteiger partial charge in [-0.05, 0) is 31.0 Å². The molecule has 1 rings (SSSR count). The van der Waals surface area contributed by atoms with Crippen LogP contribution in [0.2, 0.25) is 10.0 Å². The first kappa shape index (κ1) is 12.9. The van der Waals surface area contributed by atoms with E-state index in [1.807, 2.05) is 5.92 Å². The highest BCUT2D eigenvalue weighted by atomic mass is 35.5. The number of carbonyl (C=O) groups is 1. The number of terminal acetylenes is 1. The van der Waals surface area contributed by atoms with Gasteiger partial charge in [0.2, 0.25) is 0 Å². The Hall–Kier alpha value is -1.21. The van der Waals surface area contributed by atoms with Crippen LogP contribution in [0.4, 0.5) is 0 Å². The molecule has 1 unspecified atom stereocenters. The maximum atomic E-state index is 11.6. The van der Waals surface area contributed by atoms with Crippen molar-refractivity contribution in [2.45, 2.75) is 12.6 Å². The summed E-state index contributed by atoms with van der Waals surface area (Å²) in [6.45, 7) is 1.29. The van der Waals surface area contributed by atoms with E-state index in [4.69, 9.17) is 29.6 Å². The molecule has 0 aliphatic rings. The first-order valence-electron chi connectivity index (χ1n) is 4.33. The minimum Gasteiger partial charge on any atom is -0.361 e. The second-order valence-electron chi connectivity index (χ2n) is 3.33. The third-order valence-electron chi connectivity index (χ3n) is 1.76. The number of hydrogen-bond donors (Lipinski definition) is 2. The molecular weight excluding hydrogens is 249 g/mol. The zero-order valence-corrected chi connectivity index (χ0v) is 9.93. The molecule has 0 saturated carbocycles. The van der Waals surface area contributed by atoms with Gasteiger partial charge in [0, 0.05) is 15.6 Å². The van der Waals surface area contributed by atoms with Crippen molar-refractivity contribution in [2.24, 2.45) is 0 Å². The number of benzene rings is 1. The lowest BCUT2D eigenvalue weighted by Crippen LogP contribution is -2.44. The van der Waals surface area contributed by atoms with E-state index in [0.29, 0.717) is 10.0 Å². The van der Waals surface area contributed by atoms with Crippen LogP contribution in [0.3, 0.4) is 0 Å². The van der Waals surface area contributed by atoms with Gasteiger partial charge in [-0.15, -0.1) is 6.42 Å². The number of amides is 1. The molecule has 0 bridgehead atoms. The van der Waals surface area contributed by atoms with Crippen LogP contribution in [0.25, 0.3) is 0 Å². The molecule has 1 aromatic carbocycles. The Morgan fingerprint density at radius 2 is 1.94 bits per heavy atom. The van der Waals surface area contributed by atoms with Crippen molar-refractivity contribution in [2.75, 3.05) is 0 Å². The van der Waals surface area contributed by atoms with Crippen LogP contribution in [0, 0.1) is 12.3 Å². The second kappa shape index (κ2) is 4.75. The monoisotopic (exact) mass is 257 g/mol. The molecule has 1 amide bonds. The van der Waals surface area contributed by atoms with Crippen molar-refractivity contribution in [3.8, 4) is 12.3 Å². The maximum Gasteiger partial charge on any atom is 0.254 e. The molecule has 0 spiro atoms. The Labute approximate surface area is 103 Å². The lowest BCUT2D eigenvalue weighted by atomic mass is 10.2. The van der Waals surface area contributed by atoms with Gasteiger partial charge in [0.15, 0.2) is 5.72 Å². The predicted octanol–water partition coefficient (Wildman–Crippen LogP) is 2.06. The Morgan fingerprint density at radius 1 is 1.44 bits per heavy atom. The van der Waals surface area contributed by atoms with E-state index < -0.39 is 11.6 Å². The summed E-state index contributed by atoms with van der Waals surface area (Å²) in [7, 11) is 0. The van der Waals surface area contributed by atoms with E-state index in [1.54, 1.807) is 0 Å². The lowest BCUT2D eigenvalue weighted by Gasteiger charge is -2.18. The van der Waals surface area contributed by atoms with E-state index in [2.05, 4.69) is 5.32 Å². The number of hydrogen-bond acceptors (Lipinski definition) is 2. The van der Waals surface area contributed by atoms with Crippen LogP contribution in [0.5, 0.6) is 0 Å². The van der Waals surface area contributed by atoms with Crippen molar-refractivity contribution in [3.63, 3.8) is 0 Å². The van der Waals surface area contributed by atoms with Gasteiger partial charge in [-0.25, -0.2) is 0 Å². The zero-order valence-electron chi connectivity index (χ0n) is 8.42. The molecule has 0 heterocycles.